The minimum atomic E-state index is -3.64. The van der Waals surface area contributed by atoms with Gasteiger partial charge >= 0.3 is 0 Å². The number of carbonyl (C=O) groups is 1. The second-order valence-electron chi connectivity index (χ2n) is 6.21. The summed E-state index contributed by atoms with van der Waals surface area (Å²) in [6.45, 7) is 3.83. The average molecular weight is 385 g/mol. The Labute approximate surface area is 157 Å². The number of hydrogen-bond acceptors (Lipinski definition) is 5. The quantitative estimate of drug-likeness (QED) is 0.695. The second kappa shape index (κ2) is 7.29. The molecule has 8 nitrogen and oxygen atoms in total. The number of carbonyl (C=O) groups excluding carboxylic acids is 1. The number of rotatable bonds is 5. The number of benzene rings is 1. The Morgan fingerprint density at radius 2 is 1.96 bits per heavy atom. The molecule has 1 amide bonds. The first-order chi connectivity index (χ1) is 12.7. The number of sulfonamides is 1. The minimum absolute atomic E-state index is 0.296. The van der Waals surface area contributed by atoms with Crippen LogP contribution in [0.25, 0.3) is 5.82 Å². The SMILES string of the molecule is Cc1cc(C)n(-c2ccc(C(=O)Nc3cccc(CS(N)(=O)=O)c3)cn2)n1. The highest BCUT2D eigenvalue weighted by Crippen LogP contribution is 2.15. The van der Waals surface area contributed by atoms with Crippen LogP contribution in [0.3, 0.4) is 0 Å². The fourth-order valence-electron chi connectivity index (χ4n) is 2.68. The fraction of sp³-hybridized carbons (Fsp3) is 0.167. The highest BCUT2D eigenvalue weighted by Gasteiger charge is 2.11. The highest BCUT2D eigenvalue weighted by molar-refractivity contribution is 7.88. The lowest BCUT2D eigenvalue weighted by Crippen LogP contribution is -2.15. The van der Waals surface area contributed by atoms with Crippen LogP contribution in [0.1, 0.15) is 27.3 Å². The Morgan fingerprint density at radius 1 is 1.19 bits per heavy atom. The van der Waals surface area contributed by atoms with E-state index in [2.05, 4.69) is 15.4 Å². The van der Waals surface area contributed by atoms with Gasteiger partial charge in [0.05, 0.1) is 17.0 Å². The van der Waals surface area contributed by atoms with Crippen molar-refractivity contribution >= 4 is 21.6 Å². The zero-order valence-electron chi connectivity index (χ0n) is 14.9. The number of nitrogens with one attached hydrogen (secondary N) is 1. The number of nitrogens with zero attached hydrogens (tertiary/aromatic N) is 3. The zero-order valence-corrected chi connectivity index (χ0v) is 15.7. The Balaban J connectivity index is 1.75. The van der Waals surface area contributed by atoms with Crippen LogP contribution in [-0.2, 0) is 15.8 Å². The molecule has 0 aliphatic heterocycles. The van der Waals surface area contributed by atoms with Crippen molar-refractivity contribution in [3.63, 3.8) is 0 Å². The molecule has 1 aromatic carbocycles. The van der Waals surface area contributed by atoms with E-state index in [1.807, 2.05) is 19.9 Å². The van der Waals surface area contributed by atoms with Crippen molar-refractivity contribution < 1.29 is 13.2 Å². The van der Waals surface area contributed by atoms with Crippen LogP contribution in [0, 0.1) is 13.8 Å². The van der Waals surface area contributed by atoms with Gasteiger partial charge in [0.2, 0.25) is 10.0 Å². The van der Waals surface area contributed by atoms with Crippen LogP contribution in [0.2, 0.25) is 0 Å². The van der Waals surface area contributed by atoms with E-state index in [1.54, 1.807) is 41.1 Å². The number of anilines is 1. The molecule has 0 saturated carbocycles. The second-order valence-corrected chi connectivity index (χ2v) is 7.82. The van der Waals surface area contributed by atoms with Crippen LogP contribution >= 0.6 is 0 Å². The summed E-state index contributed by atoms with van der Waals surface area (Å²) in [5, 5.41) is 12.1. The lowest BCUT2D eigenvalue weighted by atomic mass is 10.2. The normalized spacial score (nSPS) is 11.4. The van der Waals surface area contributed by atoms with E-state index in [0.717, 1.165) is 11.4 Å². The molecule has 3 rings (SSSR count). The molecular formula is C18H19N5O3S. The van der Waals surface area contributed by atoms with E-state index >= 15 is 0 Å². The zero-order chi connectivity index (χ0) is 19.6. The molecule has 140 valence electrons. The summed E-state index contributed by atoms with van der Waals surface area (Å²) in [5.41, 5.74) is 3.17. The van der Waals surface area contributed by atoms with Crippen molar-refractivity contribution in [2.75, 3.05) is 5.32 Å². The molecule has 3 aromatic rings. The van der Waals surface area contributed by atoms with Crippen molar-refractivity contribution in [2.24, 2.45) is 5.14 Å². The van der Waals surface area contributed by atoms with Crippen molar-refractivity contribution in [3.05, 3.63) is 71.2 Å². The summed E-state index contributed by atoms with van der Waals surface area (Å²) >= 11 is 0. The monoisotopic (exact) mass is 385 g/mol. The maximum Gasteiger partial charge on any atom is 0.257 e. The van der Waals surface area contributed by atoms with E-state index in [1.165, 1.54) is 6.20 Å². The van der Waals surface area contributed by atoms with E-state index in [-0.39, 0.29) is 11.7 Å². The van der Waals surface area contributed by atoms with Crippen LogP contribution in [0.15, 0.2) is 48.7 Å². The van der Waals surface area contributed by atoms with Gasteiger partial charge in [-0.3, -0.25) is 4.79 Å². The van der Waals surface area contributed by atoms with Gasteiger partial charge in [-0.2, -0.15) is 5.10 Å². The first-order valence-electron chi connectivity index (χ1n) is 8.12. The Bertz CT molecular complexity index is 1090. The van der Waals surface area contributed by atoms with Crippen LogP contribution in [0.5, 0.6) is 0 Å². The molecule has 2 aromatic heterocycles. The lowest BCUT2D eigenvalue weighted by Gasteiger charge is -2.08. The van der Waals surface area contributed by atoms with Crippen molar-refractivity contribution in [3.8, 4) is 5.82 Å². The average Bonchev–Trinajstić information content (AvgIpc) is 2.92. The molecule has 9 heteroatoms. The molecule has 0 saturated heterocycles. The molecule has 0 unspecified atom stereocenters. The first-order valence-corrected chi connectivity index (χ1v) is 9.83. The molecule has 0 aliphatic rings. The summed E-state index contributed by atoms with van der Waals surface area (Å²) in [6.07, 6.45) is 1.47. The Kier molecular flexibility index (Phi) is 5.06. The van der Waals surface area contributed by atoms with Crippen LogP contribution < -0.4 is 10.5 Å². The molecule has 0 bridgehead atoms. The summed E-state index contributed by atoms with van der Waals surface area (Å²) < 4.78 is 24.1. The van der Waals surface area contributed by atoms with E-state index in [0.29, 0.717) is 22.6 Å². The standard InChI is InChI=1S/C18H19N5O3S/c1-12-8-13(2)23(22-12)17-7-6-15(10-20-17)18(24)21-16-5-3-4-14(9-16)11-27(19,25)26/h3-10H,11H2,1-2H3,(H,21,24)(H2,19,25,26). The summed E-state index contributed by atoms with van der Waals surface area (Å²) in [7, 11) is -3.64. The third-order valence-corrected chi connectivity index (χ3v) is 4.53. The number of hydrogen-bond donors (Lipinski definition) is 2. The van der Waals surface area contributed by atoms with Crippen molar-refractivity contribution in [2.45, 2.75) is 19.6 Å². The molecule has 0 aliphatic carbocycles. The number of pyridine rings is 1. The molecule has 0 atom stereocenters. The maximum atomic E-state index is 12.4. The predicted octanol–water partition coefficient (Wildman–Crippen LogP) is 1.92. The van der Waals surface area contributed by atoms with Gasteiger partial charge in [0, 0.05) is 17.6 Å². The molecular weight excluding hydrogens is 366 g/mol. The highest BCUT2D eigenvalue weighted by atomic mass is 32.2. The van der Waals surface area contributed by atoms with Crippen LogP contribution in [0.4, 0.5) is 5.69 Å². The summed E-state index contributed by atoms with van der Waals surface area (Å²) in [4.78, 5) is 16.7. The van der Waals surface area contributed by atoms with Gasteiger partial charge < -0.3 is 5.32 Å². The van der Waals surface area contributed by atoms with Gasteiger partial charge in [0.15, 0.2) is 5.82 Å². The predicted molar refractivity (Wildman–Crippen MR) is 102 cm³/mol. The molecule has 27 heavy (non-hydrogen) atoms. The number of nitrogens with two attached hydrogens (primary N) is 1. The van der Waals surface area contributed by atoms with Gasteiger partial charge in [-0.05, 0) is 49.7 Å². The lowest BCUT2D eigenvalue weighted by molar-refractivity contribution is 0.102. The fourth-order valence-corrected chi connectivity index (χ4v) is 3.33. The Hall–Kier alpha value is -3.04. The van der Waals surface area contributed by atoms with Gasteiger partial charge in [0.1, 0.15) is 0 Å². The third kappa shape index (κ3) is 4.78. The first kappa shape index (κ1) is 18.7. The van der Waals surface area contributed by atoms with Gasteiger partial charge in [-0.1, -0.05) is 12.1 Å². The van der Waals surface area contributed by atoms with Gasteiger partial charge in [-0.15, -0.1) is 0 Å². The van der Waals surface area contributed by atoms with E-state index in [4.69, 9.17) is 5.14 Å². The summed E-state index contributed by atoms with van der Waals surface area (Å²) in [5.74, 6) is -0.0299. The van der Waals surface area contributed by atoms with Crippen LogP contribution in [-0.4, -0.2) is 29.1 Å². The van der Waals surface area contributed by atoms with Crippen molar-refractivity contribution in [1.29, 1.82) is 0 Å². The number of aryl methyl sites for hydroxylation is 2. The largest absolute Gasteiger partial charge is 0.322 e. The maximum absolute atomic E-state index is 12.4. The molecule has 0 spiro atoms. The number of amides is 1. The molecule has 0 radical (unpaired) electrons. The van der Waals surface area contributed by atoms with Gasteiger partial charge in [-0.25, -0.2) is 23.2 Å². The number of primary sulfonamides is 1. The molecule has 2 heterocycles. The summed E-state index contributed by atoms with van der Waals surface area (Å²) in [6, 6.07) is 11.8. The van der Waals surface area contributed by atoms with Crippen molar-refractivity contribution in [1.82, 2.24) is 14.8 Å². The van der Waals surface area contributed by atoms with Gasteiger partial charge in [0.25, 0.3) is 5.91 Å². The Morgan fingerprint density at radius 3 is 2.56 bits per heavy atom. The van der Waals surface area contributed by atoms with E-state index in [9.17, 15) is 13.2 Å². The minimum Gasteiger partial charge on any atom is -0.322 e. The smallest absolute Gasteiger partial charge is 0.257 e. The third-order valence-electron chi connectivity index (χ3n) is 3.79. The molecule has 3 N–H and O–H groups in total. The number of aromatic nitrogens is 3. The topological polar surface area (TPSA) is 120 Å². The molecule has 0 fully saturated rings. The van der Waals surface area contributed by atoms with E-state index < -0.39 is 10.0 Å².